The molecule has 1 saturated heterocycles. The van der Waals surface area contributed by atoms with E-state index < -0.39 is 0 Å². The number of benzene rings is 1. The van der Waals surface area contributed by atoms with Crippen LogP contribution in [0.5, 0.6) is 5.75 Å². The molecule has 0 unspecified atom stereocenters. The van der Waals surface area contributed by atoms with Crippen molar-refractivity contribution in [2.45, 2.75) is 26.2 Å². The summed E-state index contributed by atoms with van der Waals surface area (Å²) < 4.78 is 10.6. The molecule has 7 heteroatoms. The maximum Gasteiger partial charge on any atom is 0.276 e. The highest BCUT2D eigenvalue weighted by Crippen LogP contribution is 2.12. The fourth-order valence-corrected chi connectivity index (χ4v) is 3.09. The third-order valence-electron chi connectivity index (χ3n) is 4.53. The molecular formula is C20H25N3O4. The Hall–Kier alpha value is -2.83. The Morgan fingerprint density at radius 2 is 1.85 bits per heavy atom. The van der Waals surface area contributed by atoms with Gasteiger partial charge in [0.05, 0.1) is 6.61 Å². The van der Waals surface area contributed by atoms with E-state index in [-0.39, 0.29) is 11.8 Å². The number of carbonyl (C=O) groups is 2. The monoisotopic (exact) mass is 371 g/mol. The smallest absolute Gasteiger partial charge is 0.276 e. The lowest BCUT2D eigenvalue weighted by atomic mass is 10.2. The molecule has 0 saturated carbocycles. The van der Waals surface area contributed by atoms with E-state index >= 15 is 0 Å². The van der Waals surface area contributed by atoms with Crippen molar-refractivity contribution in [3.63, 3.8) is 0 Å². The van der Waals surface area contributed by atoms with Gasteiger partial charge in [0.15, 0.2) is 5.69 Å². The third kappa shape index (κ3) is 5.32. The van der Waals surface area contributed by atoms with Crippen molar-refractivity contribution < 1.29 is 18.8 Å². The molecule has 1 aliphatic heterocycles. The summed E-state index contributed by atoms with van der Waals surface area (Å²) in [4.78, 5) is 28.5. The van der Waals surface area contributed by atoms with Crippen LogP contribution in [-0.2, 0) is 4.79 Å². The van der Waals surface area contributed by atoms with Crippen molar-refractivity contribution in [1.29, 1.82) is 0 Å². The Morgan fingerprint density at radius 3 is 2.59 bits per heavy atom. The second kappa shape index (κ2) is 9.21. The van der Waals surface area contributed by atoms with E-state index in [4.69, 9.17) is 9.26 Å². The minimum atomic E-state index is -0.141. The Labute approximate surface area is 158 Å². The van der Waals surface area contributed by atoms with Gasteiger partial charge in [0.25, 0.3) is 5.91 Å². The van der Waals surface area contributed by atoms with Crippen molar-refractivity contribution in [3.05, 3.63) is 47.9 Å². The standard InChI is InChI=1S/C20H25N3O4/c1-16-15-18(21-27-16)20(25)23-11-6-10-22(12-13-23)19(24)9-5-14-26-17-7-3-2-4-8-17/h2-4,7-8,15H,5-6,9-14H2,1H3. The summed E-state index contributed by atoms with van der Waals surface area (Å²) in [5.41, 5.74) is 0.324. The van der Waals surface area contributed by atoms with Crippen LogP contribution in [0.3, 0.4) is 0 Å². The summed E-state index contributed by atoms with van der Waals surface area (Å²) in [6, 6.07) is 11.2. The Morgan fingerprint density at radius 1 is 1.11 bits per heavy atom. The number of para-hydroxylation sites is 1. The van der Waals surface area contributed by atoms with Crippen molar-refractivity contribution >= 4 is 11.8 Å². The van der Waals surface area contributed by atoms with Crippen LogP contribution in [0.4, 0.5) is 0 Å². The molecular weight excluding hydrogens is 346 g/mol. The lowest BCUT2D eigenvalue weighted by Crippen LogP contribution is -2.37. The molecule has 27 heavy (non-hydrogen) atoms. The molecule has 3 rings (SSSR count). The van der Waals surface area contributed by atoms with Crippen molar-refractivity contribution in [2.75, 3.05) is 32.8 Å². The molecule has 1 fully saturated rings. The number of hydrogen-bond acceptors (Lipinski definition) is 5. The number of aryl methyl sites for hydroxylation is 1. The SMILES string of the molecule is Cc1cc(C(=O)N2CCCN(C(=O)CCCOc3ccccc3)CC2)no1. The van der Waals surface area contributed by atoms with Gasteiger partial charge in [0, 0.05) is 38.7 Å². The number of nitrogens with zero attached hydrogens (tertiary/aromatic N) is 3. The van der Waals surface area contributed by atoms with E-state index in [0.717, 1.165) is 12.2 Å². The number of aromatic nitrogens is 1. The molecule has 2 aromatic rings. The van der Waals surface area contributed by atoms with Crippen molar-refractivity contribution in [3.8, 4) is 5.75 Å². The summed E-state index contributed by atoms with van der Waals surface area (Å²) in [6.07, 6.45) is 1.88. The minimum Gasteiger partial charge on any atom is -0.494 e. The Balaban J connectivity index is 1.42. The highest BCUT2D eigenvalue weighted by molar-refractivity contribution is 5.92. The molecule has 0 spiro atoms. The first-order valence-electron chi connectivity index (χ1n) is 9.32. The van der Waals surface area contributed by atoms with Gasteiger partial charge in [-0.05, 0) is 31.9 Å². The topological polar surface area (TPSA) is 75.9 Å². The molecule has 0 atom stereocenters. The average molecular weight is 371 g/mol. The summed E-state index contributed by atoms with van der Waals surface area (Å²) in [6.45, 7) is 4.61. The van der Waals surface area contributed by atoms with Gasteiger partial charge in [-0.25, -0.2) is 0 Å². The van der Waals surface area contributed by atoms with Crippen LogP contribution < -0.4 is 4.74 Å². The van der Waals surface area contributed by atoms with Gasteiger partial charge in [0.2, 0.25) is 5.91 Å². The number of amides is 2. The van der Waals surface area contributed by atoms with E-state index in [0.29, 0.717) is 57.1 Å². The van der Waals surface area contributed by atoms with Crippen molar-refractivity contribution in [2.24, 2.45) is 0 Å². The zero-order valence-electron chi connectivity index (χ0n) is 15.6. The summed E-state index contributed by atoms with van der Waals surface area (Å²) in [5, 5.41) is 3.79. The molecule has 1 aliphatic rings. The fourth-order valence-electron chi connectivity index (χ4n) is 3.09. The van der Waals surface area contributed by atoms with Crippen LogP contribution >= 0.6 is 0 Å². The molecule has 144 valence electrons. The van der Waals surface area contributed by atoms with Gasteiger partial charge < -0.3 is 19.1 Å². The molecule has 1 aromatic carbocycles. The average Bonchev–Trinajstić information content (AvgIpc) is 2.97. The number of ether oxygens (including phenoxy) is 1. The van der Waals surface area contributed by atoms with Crippen LogP contribution in [0.15, 0.2) is 40.9 Å². The molecule has 0 bridgehead atoms. The molecule has 1 aromatic heterocycles. The van der Waals surface area contributed by atoms with E-state index in [1.54, 1.807) is 17.9 Å². The molecule has 2 heterocycles. The predicted octanol–water partition coefficient (Wildman–Crippen LogP) is 2.52. The lowest BCUT2D eigenvalue weighted by Gasteiger charge is -2.21. The first kappa shape index (κ1) is 18.9. The van der Waals surface area contributed by atoms with Gasteiger partial charge in [-0.2, -0.15) is 0 Å². The van der Waals surface area contributed by atoms with Crippen molar-refractivity contribution in [1.82, 2.24) is 15.0 Å². The molecule has 0 aliphatic carbocycles. The molecule has 2 amide bonds. The normalized spacial score (nSPS) is 14.7. The summed E-state index contributed by atoms with van der Waals surface area (Å²) in [7, 11) is 0. The molecule has 7 nitrogen and oxygen atoms in total. The second-order valence-electron chi connectivity index (χ2n) is 6.61. The Kier molecular flexibility index (Phi) is 6.46. The second-order valence-corrected chi connectivity index (χ2v) is 6.61. The van der Waals surface area contributed by atoms with Gasteiger partial charge >= 0.3 is 0 Å². The third-order valence-corrected chi connectivity index (χ3v) is 4.53. The van der Waals surface area contributed by atoms with Crippen LogP contribution in [0, 0.1) is 6.92 Å². The maximum absolute atomic E-state index is 12.5. The van der Waals surface area contributed by atoms with Gasteiger partial charge in [-0.1, -0.05) is 23.4 Å². The zero-order chi connectivity index (χ0) is 19.1. The highest BCUT2D eigenvalue weighted by Gasteiger charge is 2.24. The number of rotatable bonds is 6. The highest BCUT2D eigenvalue weighted by atomic mass is 16.5. The van der Waals surface area contributed by atoms with E-state index in [2.05, 4.69) is 5.16 Å². The first-order valence-corrected chi connectivity index (χ1v) is 9.32. The fraction of sp³-hybridized carbons (Fsp3) is 0.450. The maximum atomic E-state index is 12.5. The van der Waals surface area contributed by atoms with Gasteiger partial charge in [-0.15, -0.1) is 0 Å². The van der Waals surface area contributed by atoms with Crippen LogP contribution in [0.25, 0.3) is 0 Å². The van der Waals surface area contributed by atoms with E-state index in [1.165, 1.54) is 0 Å². The largest absolute Gasteiger partial charge is 0.494 e. The Bertz CT molecular complexity index is 760. The minimum absolute atomic E-state index is 0.109. The number of hydrogen-bond donors (Lipinski definition) is 0. The zero-order valence-corrected chi connectivity index (χ0v) is 15.6. The van der Waals surface area contributed by atoms with E-state index in [1.807, 2.05) is 35.2 Å². The van der Waals surface area contributed by atoms with Crippen LogP contribution in [0.2, 0.25) is 0 Å². The quantitative estimate of drug-likeness (QED) is 0.730. The van der Waals surface area contributed by atoms with Gasteiger partial charge in [0.1, 0.15) is 11.5 Å². The van der Waals surface area contributed by atoms with Crippen LogP contribution in [0.1, 0.15) is 35.5 Å². The molecule has 0 N–H and O–H groups in total. The van der Waals surface area contributed by atoms with Crippen LogP contribution in [-0.4, -0.2) is 59.6 Å². The molecule has 0 radical (unpaired) electrons. The lowest BCUT2D eigenvalue weighted by molar-refractivity contribution is -0.131. The van der Waals surface area contributed by atoms with E-state index in [9.17, 15) is 9.59 Å². The number of carbonyl (C=O) groups excluding carboxylic acids is 2. The predicted molar refractivity (Wildman–Crippen MR) is 99.5 cm³/mol. The summed E-state index contributed by atoms with van der Waals surface area (Å²) in [5.74, 6) is 1.40. The van der Waals surface area contributed by atoms with Gasteiger partial charge in [-0.3, -0.25) is 9.59 Å². The summed E-state index contributed by atoms with van der Waals surface area (Å²) >= 11 is 0. The first-order chi connectivity index (χ1) is 13.1.